The second kappa shape index (κ2) is 4.30. The number of aryl methyl sites for hydroxylation is 1. The highest BCUT2D eigenvalue weighted by molar-refractivity contribution is 5.37. The van der Waals surface area contributed by atoms with E-state index in [0.717, 1.165) is 18.4 Å². The first-order valence-corrected chi connectivity index (χ1v) is 6.02. The first-order chi connectivity index (χ1) is 8.36. The van der Waals surface area contributed by atoms with E-state index in [1.807, 2.05) is 18.2 Å². The van der Waals surface area contributed by atoms with Crippen molar-refractivity contribution >= 4 is 0 Å². The van der Waals surface area contributed by atoms with Gasteiger partial charge in [0.05, 0.1) is 6.10 Å². The van der Waals surface area contributed by atoms with Gasteiger partial charge in [0.2, 0.25) is 0 Å². The number of nitrogens with zero attached hydrogens (tertiary/aromatic N) is 1. The average Bonchev–Trinajstić information content (AvgIpc) is 2.83. The number of benzene rings is 1. The lowest BCUT2D eigenvalue weighted by molar-refractivity contribution is 0.144. The molecule has 86 valence electrons. The normalized spacial score (nSPS) is 19.9. The molecule has 3 rings (SSSR count). The minimum atomic E-state index is -0.438. The third-order valence-corrected chi connectivity index (χ3v) is 3.59. The summed E-state index contributed by atoms with van der Waals surface area (Å²) in [5.41, 5.74) is 3.58. The highest BCUT2D eigenvalue weighted by Crippen LogP contribution is 2.41. The smallest absolute Gasteiger partial charge is 0.0873 e. The highest BCUT2D eigenvalue weighted by atomic mass is 16.3. The first kappa shape index (κ1) is 10.5. The van der Waals surface area contributed by atoms with Gasteiger partial charge in [-0.1, -0.05) is 30.3 Å². The molecule has 0 bridgehead atoms. The van der Waals surface area contributed by atoms with Crippen molar-refractivity contribution in [3.8, 4) is 0 Å². The largest absolute Gasteiger partial charge is 0.388 e. The molecule has 0 saturated carbocycles. The van der Waals surface area contributed by atoms with Crippen LogP contribution in [0, 0.1) is 0 Å². The van der Waals surface area contributed by atoms with Crippen LogP contribution in [0.15, 0.2) is 48.8 Å². The maximum absolute atomic E-state index is 10.4. The number of pyridine rings is 1. The third-order valence-electron chi connectivity index (χ3n) is 3.59. The van der Waals surface area contributed by atoms with Crippen molar-refractivity contribution in [2.45, 2.75) is 24.9 Å². The van der Waals surface area contributed by atoms with Crippen LogP contribution < -0.4 is 0 Å². The van der Waals surface area contributed by atoms with Crippen molar-refractivity contribution in [3.05, 3.63) is 65.5 Å². The molecule has 0 aliphatic heterocycles. The molecule has 1 N–H and O–H groups in total. The Morgan fingerprint density at radius 1 is 1.18 bits per heavy atom. The van der Waals surface area contributed by atoms with Gasteiger partial charge in [0.25, 0.3) is 0 Å². The Labute approximate surface area is 101 Å². The molecule has 2 atom stereocenters. The number of rotatable bonds is 2. The molecule has 2 aromatic rings. The molecule has 1 aromatic heterocycles. The summed E-state index contributed by atoms with van der Waals surface area (Å²) >= 11 is 0. The topological polar surface area (TPSA) is 33.1 Å². The van der Waals surface area contributed by atoms with Gasteiger partial charge in [-0.2, -0.15) is 0 Å². The Kier molecular flexibility index (Phi) is 2.65. The number of hydrogen-bond donors (Lipinski definition) is 1. The van der Waals surface area contributed by atoms with Gasteiger partial charge in [0.1, 0.15) is 0 Å². The number of hydrogen-bond acceptors (Lipinski definition) is 2. The first-order valence-electron chi connectivity index (χ1n) is 6.02. The number of fused-ring (bicyclic) bond motifs is 1. The summed E-state index contributed by atoms with van der Waals surface area (Å²) < 4.78 is 0. The van der Waals surface area contributed by atoms with Crippen LogP contribution in [0.2, 0.25) is 0 Å². The van der Waals surface area contributed by atoms with E-state index >= 15 is 0 Å². The third kappa shape index (κ3) is 1.85. The molecular formula is C15H15NO. The fraction of sp³-hybridized carbons (Fsp3) is 0.267. The standard InChI is InChI=1S/C15H15NO/c17-15(12-5-3-9-16-10-12)14-8-7-11-4-1-2-6-13(11)14/h1-6,9-10,14-15,17H,7-8H2. The summed E-state index contributed by atoms with van der Waals surface area (Å²) in [6, 6.07) is 12.2. The molecule has 1 heterocycles. The predicted octanol–water partition coefficient (Wildman–Crippen LogP) is 2.85. The van der Waals surface area contributed by atoms with Gasteiger partial charge in [-0.15, -0.1) is 0 Å². The predicted molar refractivity (Wildman–Crippen MR) is 66.7 cm³/mol. The van der Waals surface area contributed by atoms with Gasteiger partial charge in [-0.3, -0.25) is 4.98 Å². The van der Waals surface area contributed by atoms with E-state index in [1.54, 1.807) is 12.4 Å². The van der Waals surface area contributed by atoms with Crippen molar-refractivity contribution < 1.29 is 5.11 Å². The van der Waals surface area contributed by atoms with E-state index in [1.165, 1.54) is 11.1 Å². The molecule has 2 nitrogen and oxygen atoms in total. The van der Waals surface area contributed by atoms with Crippen LogP contribution in [0.3, 0.4) is 0 Å². The summed E-state index contributed by atoms with van der Waals surface area (Å²) in [6.45, 7) is 0. The minimum absolute atomic E-state index is 0.218. The highest BCUT2D eigenvalue weighted by Gasteiger charge is 2.29. The SMILES string of the molecule is OC(c1cccnc1)C1CCc2ccccc21. The average molecular weight is 225 g/mol. The molecule has 17 heavy (non-hydrogen) atoms. The monoisotopic (exact) mass is 225 g/mol. The summed E-state index contributed by atoms with van der Waals surface area (Å²) in [4.78, 5) is 4.07. The van der Waals surface area contributed by atoms with E-state index in [4.69, 9.17) is 0 Å². The molecule has 0 spiro atoms. The fourth-order valence-electron chi connectivity index (χ4n) is 2.70. The number of aliphatic hydroxyl groups excluding tert-OH is 1. The molecule has 1 aliphatic carbocycles. The Morgan fingerprint density at radius 3 is 2.88 bits per heavy atom. The molecule has 0 amide bonds. The van der Waals surface area contributed by atoms with Crippen molar-refractivity contribution in [1.29, 1.82) is 0 Å². The van der Waals surface area contributed by atoms with Crippen molar-refractivity contribution in [3.63, 3.8) is 0 Å². The van der Waals surface area contributed by atoms with E-state index in [9.17, 15) is 5.11 Å². The summed E-state index contributed by atoms with van der Waals surface area (Å²) in [5.74, 6) is 0.218. The van der Waals surface area contributed by atoms with E-state index in [-0.39, 0.29) is 5.92 Å². The Morgan fingerprint density at radius 2 is 2.06 bits per heavy atom. The molecule has 2 heteroatoms. The van der Waals surface area contributed by atoms with Crippen LogP contribution in [0.1, 0.15) is 35.1 Å². The zero-order valence-corrected chi connectivity index (χ0v) is 9.58. The fourth-order valence-corrected chi connectivity index (χ4v) is 2.70. The zero-order valence-electron chi connectivity index (χ0n) is 9.58. The van der Waals surface area contributed by atoms with E-state index in [2.05, 4.69) is 23.2 Å². The van der Waals surface area contributed by atoms with Crippen LogP contribution in [-0.2, 0) is 6.42 Å². The van der Waals surface area contributed by atoms with Gasteiger partial charge >= 0.3 is 0 Å². The molecule has 2 unspecified atom stereocenters. The number of aromatic nitrogens is 1. The molecular weight excluding hydrogens is 210 g/mol. The quantitative estimate of drug-likeness (QED) is 0.852. The lowest BCUT2D eigenvalue weighted by Gasteiger charge is -2.19. The van der Waals surface area contributed by atoms with Crippen LogP contribution in [-0.4, -0.2) is 10.1 Å². The minimum Gasteiger partial charge on any atom is -0.388 e. The van der Waals surface area contributed by atoms with Gasteiger partial charge in [0.15, 0.2) is 0 Å². The van der Waals surface area contributed by atoms with Gasteiger partial charge in [-0.05, 0) is 35.6 Å². The maximum Gasteiger partial charge on any atom is 0.0873 e. The van der Waals surface area contributed by atoms with Crippen LogP contribution in [0.25, 0.3) is 0 Å². The summed E-state index contributed by atoms with van der Waals surface area (Å²) in [5, 5.41) is 10.4. The van der Waals surface area contributed by atoms with E-state index < -0.39 is 6.10 Å². The lowest BCUT2D eigenvalue weighted by atomic mass is 9.91. The second-order valence-electron chi connectivity index (χ2n) is 4.58. The van der Waals surface area contributed by atoms with Gasteiger partial charge in [0, 0.05) is 18.3 Å². The van der Waals surface area contributed by atoms with Gasteiger partial charge in [-0.25, -0.2) is 0 Å². The molecule has 0 radical (unpaired) electrons. The molecule has 1 aliphatic rings. The summed E-state index contributed by atoms with van der Waals surface area (Å²) in [6.07, 6.45) is 5.14. The van der Waals surface area contributed by atoms with Crippen molar-refractivity contribution in [2.75, 3.05) is 0 Å². The Balaban J connectivity index is 1.92. The molecule has 0 saturated heterocycles. The van der Waals surface area contributed by atoms with Gasteiger partial charge < -0.3 is 5.11 Å². The Hall–Kier alpha value is -1.67. The maximum atomic E-state index is 10.4. The van der Waals surface area contributed by atoms with Crippen molar-refractivity contribution in [1.82, 2.24) is 4.98 Å². The number of aliphatic hydroxyl groups is 1. The molecule has 0 fully saturated rings. The summed E-state index contributed by atoms with van der Waals surface area (Å²) in [7, 11) is 0. The lowest BCUT2D eigenvalue weighted by Crippen LogP contribution is -2.08. The zero-order chi connectivity index (χ0) is 11.7. The van der Waals surface area contributed by atoms with Crippen LogP contribution in [0.4, 0.5) is 0 Å². The van der Waals surface area contributed by atoms with Crippen molar-refractivity contribution in [2.24, 2.45) is 0 Å². The second-order valence-corrected chi connectivity index (χ2v) is 4.58. The van der Waals surface area contributed by atoms with E-state index in [0.29, 0.717) is 0 Å². The van der Waals surface area contributed by atoms with Crippen LogP contribution in [0.5, 0.6) is 0 Å². The Bertz CT molecular complexity index is 509. The van der Waals surface area contributed by atoms with Crippen LogP contribution >= 0.6 is 0 Å². The molecule has 1 aromatic carbocycles.